The maximum Gasteiger partial charge on any atom is 0.116 e. The number of nitrogens with zero attached hydrogens (tertiary/aromatic N) is 3. The molecule has 0 saturated carbocycles. The van der Waals surface area contributed by atoms with Gasteiger partial charge in [0.15, 0.2) is 0 Å². The summed E-state index contributed by atoms with van der Waals surface area (Å²) in [4.78, 5) is 0. The zero-order valence-electron chi connectivity index (χ0n) is 12.2. The Kier molecular flexibility index (Phi) is 4.10. The van der Waals surface area contributed by atoms with Gasteiger partial charge in [-0.15, -0.1) is 5.10 Å². The van der Waals surface area contributed by atoms with Crippen LogP contribution in [-0.4, -0.2) is 15.0 Å². The standard InChI is InChI=1S/C18H19N3/c1-2-9-17-18(16-12-7-4-8-13-16)19-20-21(17)14-15-10-5-3-6-11-15/h3-8,10-13H,2,9,14H2,1H3. The molecular formula is C18H19N3. The van der Waals surface area contributed by atoms with Crippen molar-refractivity contribution in [2.24, 2.45) is 0 Å². The normalized spacial score (nSPS) is 10.7. The minimum Gasteiger partial charge on any atom is -0.244 e. The fourth-order valence-corrected chi connectivity index (χ4v) is 2.52. The summed E-state index contributed by atoms with van der Waals surface area (Å²) >= 11 is 0. The minimum atomic E-state index is 0.774. The summed E-state index contributed by atoms with van der Waals surface area (Å²) in [5.41, 5.74) is 4.61. The Morgan fingerprint density at radius 1 is 0.905 bits per heavy atom. The second-order valence-electron chi connectivity index (χ2n) is 5.14. The van der Waals surface area contributed by atoms with Gasteiger partial charge in [-0.25, -0.2) is 4.68 Å². The van der Waals surface area contributed by atoms with Crippen molar-refractivity contribution in [2.75, 3.05) is 0 Å². The van der Waals surface area contributed by atoms with Crippen LogP contribution in [0.25, 0.3) is 11.3 Å². The largest absolute Gasteiger partial charge is 0.244 e. The van der Waals surface area contributed by atoms with Crippen molar-refractivity contribution in [1.82, 2.24) is 15.0 Å². The molecule has 0 fully saturated rings. The average molecular weight is 277 g/mol. The van der Waals surface area contributed by atoms with Crippen molar-refractivity contribution in [1.29, 1.82) is 0 Å². The predicted octanol–water partition coefficient (Wildman–Crippen LogP) is 3.95. The zero-order chi connectivity index (χ0) is 14.5. The minimum absolute atomic E-state index is 0.774. The van der Waals surface area contributed by atoms with Crippen LogP contribution in [0.2, 0.25) is 0 Å². The third-order valence-electron chi connectivity index (χ3n) is 3.55. The number of benzene rings is 2. The van der Waals surface area contributed by atoms with Gasteiger partial charge in [0.05, 0.1) is 12.2 Å². The molecule has 0 radical (unpaired) electrons. The summed E-state index contributed by atoms with van der Waals surface area (Å²) in [6, 6.07) is 20.7. The van der Waals surface area contributed by atoms with Gasteiger partial charge in [-0.05, 0) is 12.0 Å². The third-order valence-corrected chi connectivity index (χ3v) is 3.55. The SMILES string of the molecule is CCCc1c(-c2ccccc2)nnn1Cc1ccccc1. The van der Waals surface area contributed by atoms with Gasteiger partial charge in [0.25, 0.3) is 0 Å². The van der Waals surface area contributed by atoms with Gasteiger partial charge in [-0.3, -0.25) is 0 Å². The van der Waals surface area contributed by atoms with Crippen molar-refractivity contribution < 1.29 is 0 Å². The molecule has 2 aromatic carbocycles. The summed E-state index contributed by atoms with van der Waals surface area (Å²) in [6.45, 7) is 2.96. The molecule has 0 saturated heterocycles. The highest BCUT2D eigenvalue weighted by molar-refractivity contribution is 5.61. The Morgan fingerprint density at radius 2 is 1.57 bits per heavy atom. The zero-order valence-corrected chi connectivity index (χ0v) is 12.2. The topological polar surface area (TPSA) is 30.7 Å². The molecule has 3 nitrogen and oxygen atoms in total. The van der Waals surface area contributed by atoms with Crippen LogP contribution < -0.4 is 0 Å². The summed E-state index contributed by atoms with van der Waals surface area (Å²) in [5, 5.41) is 8.79. The first kappa shape index (κ1) is 13.6. The summed E-state index contributed by atoms with van der Waals surface area (Å²) in [6.07, 6.45) is 2.08. The number of hydrogen-bond acceptors (Lipinski definition) is 2. The fourth-order valence-electron chi connectivity index (χ4n) is 2.52. The highest BCUT2D eigenvalue weighted by Gasteiger charge is 2.13. The number of hydrogen-bond donors (Lipinski definition) is 0. The van der Waals surface area contributed by atoms with Crippen LogP contribution in [0.4, 0.5) is 0 Å². The van der Waals surface area contributed by atoms with E-state index < -0.39 is 0 Å². The van der Waals surface area contributed by atoms with Gasteiger partial charge < -0.3 is 0 Å². The Balaban J connectivity index is 1.96. The van der Waals surface area contributed by atoms with E-state index in [0.29, 0.717) is 0 Å². The molecule has 0 aliphatic heterocycles. The Labute approximate surface area is 125 Å². The first-order chi connectivity index (χ1) is 10.4. The molecule has 1 heterocycles. The Morgan fingerprint density at radius 3 is 2.24 bits per heavy atom. The van der Waals surface area contributed by atoms with Gasteiger partial charge in [-0.2, -0.15) is 0 Å². The van der Waals surface area contributed by atoms with E-state index in [0.717, 1.165) is 30.6 Å². The molecule has 3 heteroatoms. The Hall–Kier alpha value is -2.42. The highest BCUT2D eigenvalue weighted by Crippen LogP contribution is 2.22. The Bertz CT molecular complexity index is 687. The molecule has 0 atom stereocenters. The lowest BCUT2D eigenvalue weighted by molar-refractivity contribution is 0.613. The maximum absolute atomic E-state index is 4.41. The van der Waals surface area contributed by atoms with Gasteiger partial charge in [0.1, 0.15) is 5.69 Å². The van der Waals surface area contributed by atoms with Crippen LogP contribution >= 0.6 is 0 Å². The van der Waals surface area contributed by atoms with Gasteiger partial charge in [0, 0.05) is 5.56 Å². The molecule has 0 spiro atoms. The van der Waals surface area contributed by atoms with E-state index in [1.54, 1.807) is 0 Å². The van der Waals surface area contributed by atoms with E-state index in [1.807, 2.05) is 28.9 Å². The molecule has 0 amide bonds. The number of aromatic nitrogens is 3. The van der Waals surface area contributed by atoms with E-state index >= 15 is 0 Å². The first-order valence-electron chi connectivity index (χ1n) is 7.40. The van der Waals surface area contributed by atoms with Crippen LogP contribution in [0.5, 0.6) is 0 Å². The van der Waals surface area contributed by atoms with E-state index in [-0.39, 0.29) is 0 Å². The third kappa shape index (κ3) is 3.02. The maximum atomic E-state index is 4.41. The molecule has 106 valence electrons. The highest BCUT2D eigenvalue weighted by atomic mass is 15.4. The molecule has 0 unspecified atom stereocenters. The summed E-state index contributed by atoms with van der Waals surface area (Å²) < 4.78 is 2.03. The van der Waals surface area contributed by atoms with Crippen molar-refractivity contribution in [2.45, 2.75) is 26.3 Å². The van der Waals surface area contributed by atoms with Crippen molar-refractivity contribution >= 4 is 0 Å². The smallest absolute Gasteiger partial charge is 0.116 e. The second kappa shape index (κ2) is 6.35. The summed E-state index contributed by atoms with van der Waals surface area (Å²) in [7, 11) is 0. The van der Waals surface area contributed by atoms with Crippen LogP contribution in [0, 0.1) is 0 Å². The van der Waals surface area contributed by atoms with Gasteiger partial charge >= 0.3 is 0 Å². The van der Waals surface area contributed by atoms with Gasteiger partial charge in [0.2, 0.25) is 0 Å². The molecular weight excluding hydrogens is 258 g/mol. The lowest BCUT2D eigenvalue weighted by Gasteiger charge is -2.07. The fraction of sp³-hybridized carbons (Fsp3) is 0.222. The number of rotatable bonds is 5. The molecule has 0 N–H and O–H groups in total. The van der Waals surface area contributed by atoms with E-state index in [9.17, 15) is 0 Å². The van der Waals surface area contributed by atoms with Crippen molar-refractivity contribution in [3.8, 4) is 11.3 Å². The van der Waals surface area contributed by atoms with Gasteiger partial charge in [-0.1, -0.05) is 79.2 Å². The molecule has 3 rings (SSSR count). The molecule has 0 bridgehead atoms. The van der Waals surface area contributed by atoms with Crippen LogP contribution in [-0.2, 0) is 13.0 Å². The quantitative estimate of drug-likeness (QED) is 0.707. The van der Waals surface area contributed by atoms with Crippen LogP contribution in [0.3, 0.4) is 0 Å². The molecule has 3 aromatic rings. The molecule has 0 aliphatic rings. The first-order valence-corrected chi connectivity index (χ1v) is 7.40. The van der Waals surface area contributed by atoms with Crippen LogP contribution in [0.1, 0.15) is 24.6 Å². The average Bonchev–Trinajstić information content (AvgIpc) is 2.92. The van der Waals surface area contributed by atoms with E-state index in [1.165, 1.54) is 11.3 Å². The van der Waals surface area contributed by atoms with Crippen molar-refractivity contribution in [3.05, 3.63) is 71.9 Å². The van der Waals surface area contributed by atoms with Crippen molar-refractivity contribution in [3.63, 3.8) is 0 Å². The molecule has 21 heavy (non-hydrogen) atoms. The lowest BCUT2D eigenvalue weighted by Crippen LogP contribution is -2.06. The second-order valence-corrected chi connectivity index (χ2v) is 5.14. The molecule has 0 aliphatic carbocycles. The monoisotopic (exact) mass is 277 g/mol. The molecule has 1 aromatic heterocycles. The van der Waals surface area contributed by atoms with Crippen LogP contribution in [0.15, 0.2) is 60.7 Å². The lowest BCUT2D eigenvalue weighted by atomic mass is 10.1. The van der Waals surface area contributed by atoms with E-state index in [4.69, 9.17) is 0 Å². The predicted molar refractivity (Wildman–Crippen MR) is 85.0 cm³/mol. The van der Waals surface area contributed by atoms with E-state index in [2.05, 4.69) is 53.6 Å². The summed E-state index contributed by atoms with van der Waals surface area (Å²) in [5.74, 6) is 0.